The average Bonchev–Trinajstić information content (AvgIpc) is 2.43. The van der Waals surface area contributed by atoms with Gasteiger partial charge in [0.15, 0.2) is 0 Å². The van der Waals surface area contributed by atoms with Crippen LogP contribution in [0.4, 0.5) is 0 Å². The number of carboxylic acid groups (broad SMARTS) is 2. The fourth-order valence-corrected chi connectivity index (χ4v) is 1.73. The lowest BCUT2D eigenvalue weighted by Gasteiger charge is -2.14. The van der Waals surface area contributed by atoms with Gasteiger partial charge in [0.25, 0.3) is 5.91 Å². The third-order valence-electron chi connectivity index (χ3n) is 2.92. The summed E-state index contributed by atoms with van der Waals surface area (Å²) in [6.45, 7) is 1.81. The van der Waals surface area contributed by atoms with Gasteiger partial charge in [-0.2, -0.15) is 0 Å². The molecule has 0 saturated heterocycles. The number of carbonyl (C=O) groups excluding carboxylic acids is 1. The van der Waals surface area contributed by atoms with Gasteiger partial charge < -0.3 is 20.3 Å². The molecule has 7 heteroatoms. The highest BCUT2D eigenvalue weighted by molar-refractivity contribution is 5.97. The van der Waals surface area contributed by atoms with Gasteiger partial charge in [-0.1, -0.05) is 6.07 Å². The molecule has 0 fully saturated rings. The van der Waals surface area contributed by atoms with Crippen molar-refractivity contribution in [2.75, 3.05) is 7.11 Å². The van der Waals surface area contributed by atoms with E-state index in [9.17, 15) is 14.4 Å². The number of carboxylic acids is 2. The second-order valence-electron chi connectivity index (χ2n) is 4.48. The van der Waals surface area contributed by atoms with E-state index in [0.29, 0.717) is 5.75 Å². The molecule has 3 N–H and O–H groups in total. The molecular formula is C14H17NO6. The summed E-state index contributed by atoms with van der Waals surface area (Å²) in [4.78, 5) is 33.5. The van der Waals surface area contributed by atoms with Gasteiger partial charge in [-0.25, -0.2) is 4.79 Å². The first kappa shape index (κ1) is 16.5. The summed E-state index contributed by atoms with van der Waals surface area (Å²) in [6.07, 6.45) is -0.520. The molecule has 0 aliphatic heterocycles. The van der Waals surface area contributed by atoms with Crippen LogP contribution in [0.15, 0.2) is 18.2 Å². The Morgan fingerprint density at radius 2 is 1.95 bits per heavy atom. The van der Waals surface area contributed by atoms with Crippen molar-refractivity contribution < 1.29 is 29.3 Å². The first-order valence-electron chi connectivity index (χ1n) is 6.25. The third-order valence-corrected chi connectivity index (χ3v) is 2.92. The first-order chi connectivity index (χ1) is 9.85. The minimum atomic E-state index is -1.27. The summed E-state index contributed by atoms with van der Waals surface area (Å²) in [7, 11) is 1.47. The van der Waals surface area contributed by atoms with E-state index < -0.39 is 23.9 Å². The number of amides is 1. The second kappa shape index (κ2) is 7.28. The monoisotopic (exact) mass is 295 g/mol. The van der Waals surface area contributed by atoms with Gasteiger partial charge in [0, 0.05) is 12.0 Å². The number of aliphatic carboxylic acids is 2. The van der Waals surface area contributed by atoms with E-state index in [-0.39, 0.29) is 18.4 Å². The van der Waals surface area contributed by atoms with Crippen molar-refractivity contribution in [2.24, 2.45) is 0 Å². The number of benzene rings is 1. The molecular weight excluding hydrogens is 278 g/mol. The van der Waals surface area contributed by atoms with E-state index in [1.165, 1.54) is 13.2 Å². The molecule has 0 spiro atoms. The number of aryl methyl sites for hydroxylation is 1. The van der Waals surface area contributed by atoms with Crippen molar-refractivity contribution in [3.8, 4) is 5.75 Å². The molecule has 0 radical (unpaired) electrons. The second-order valence-corrected chi connectivity index (χ2v) is 4.48. The lowest BCUT2D eigenvalue weighted by atomic mass is 10.1. The standard InChI is InChI=1S/C14H17NO6/c1-8-3-4-9(7-11(8)21-2)13(18)15-10(14(19)20)5-6-12(16)17/h3-4,7,10H,5-6H2,1-2H3,(H,15,18)(H,16,17)(H,19,20)/t10-/m0/s1. The minimum absolute atomic E-state index is 0.181. The SMILES string of the molecule is COc1cc(C(=O)N[C@@H](CCC(=O)O)C(=O)O)ccc1C. The molecule has 1 rings (SSSR count). The number of carbonyl (C=O) groups is 3. The number of methoxy groups -OCH3 is 1. The largest absolute Gasteiger partial charge is 0.496 e. The zero-order valence-corrected chi connectivity index (χ0v) is 11.8. The molecule has 7 nitrogen and oxygen atoms in total. The normalized spacial score (nSPS) is 11.5. The molecule has 0 unspecified atom stereocenters. The molecule has 0 bridgehead atoms. The highest BCUT2D eigenvalue weighted by Crippen LogP contribution is 2.19. The molecule has 0 aromatic heterocycles. The van der Waals surface area contributed by atoms with E-state index in [1.54, 1.807) is 12.1 Å². The van der Waals surface area contributed by atoms with Gasteiger partial charge in [-0.15, -0.1) is 0 Å². The van der Waals surface area contributed by atoms with Gasteiger partial charge in [0.05, 0.1) is 7.11 Å². The van der Waals surface area contributed by atoms with Crippen LogP contribution < -0.4 is 10.1 Å². The topological polar surface area (TPSA) is 113 Å². The summed E-state index contributed by atoms with van der Waals surface area (Å²) in [5.74, 6) is -2.47. The van der Waals surface area contributed by atoms with Crippen LogP contribution in [0.25, 0.3) is 0 Å². The Hall–Kier alpha value is -2.57. The van der Waals surface area contributed by atoms with Gasteiger partial charge >= 0.3 is 11.9 Å². The number of ether oxygens (including phenoxy) is 1. The van der Waals surface area contributed by atoms with Crippen LogP contribution in [0.3, 0.4) is 0 Å². The summed E-state index contributed by atoms with van der Waals surface area (Å²) >= 11 is 0. The average molecular weight is 295 g/mol. The summed E-state index contributed by atoms with van der Waals surface area (Å²) in [6, 6.07) is 3.48. The van der Waals surface area contributed by atoms with Crippen LogP contribution in [0.2, 0.25) is 0 Å². The fraction of sp³-hybridized carbons (Fsp3) is 0.357. The number of hydrogen-bond donors (Lipinski definition) is 3. The minimum Gasteiger partial charge on any atom is -0.496 e. The van der Waals surface area contributed by atoms with Crippen molar-refractivity contribution in [1.82, 2.24) is 5.32 Å². The molecule has 114 valence electrons. The van der Waals surface area contributed by atoms with Crippen LogP contribution in [0.1, 0.15) is 28.8 Å². The Morgan fingerprint density at radius 1 is 1.29 bits per heavy atom. The lowest BCUT2D eigenvalue weighted by molar-refractivity contribution is -0.140. The number of nitrogens with one attached hydrogen (secondary N) is 1. The zero-order chi connectivity index (χ0) is 16.0. The van der Waals surface area contributed by atoms with Crippen molar-refractivity contribution in [3.05, 3.63) is 29.3 Å². The van der Waals surface area contributed by atoms with Crippen molar-refractivity contribution in [3.63, 3.8) is 0 Å². The quantitative estimate of drug-likeness (QED) is 0.693. The van der Waals surface area contributed by atoms with Crippen LogP contribution in [-0.2, 0) is 9.59 Å². The molecule has 1 aromatic carbocycles. The van der Waals surface area contributed by atoms with E-state index in [1.807, 2.05) is 6.92 Å². The fourth-order valence-electron chi connectivity index (χ4n) is 1.73. The molecule has 0 saturated carbocycles. The molecule has 1 atom stereocenters. The van der Waals surface area contributed by atoms with Crippen LogP contribution in [-0.4, -0.2) is 41.2 Å². The Balaban J connectivity index is 2.81. The molecule has 1 amide bonds. The summed E-state index contributed by atoms with van der Waals surface area (Å²) in [5.41, 5.74) is 1.09. The predicted octanol–water partition coefficient (Wildman–Crippen LogP) is 1.05. The molecule has 21 heavy (non-hydrogen) atoms. The van der Waals surface area contributed by atoms with Gasteiger partial charge in [-0.3, -0.25) is 9.59 Å². The molecule has 0 aliphatic rings. The van der Waals surface area contributed by atoms with E-state index in [2.05, 4.69) is 5.32 Å². The van der Waals surface area contributed by atoms with Gasteiger partial charge in [0.2, 0.25) is 0 Å². The van der Waals surface area contributed by atoms with E-state index in [0.717, 1.165) is 5.56 Å². The van der Waals surface area contributed by atoms with Crippen LogP contribution in [0, 0.1) is 6.92 Å². The zero-order valence-electron chi connectivity index (χ0n) is 11.8. The van der Waals surface area contributed by atoms with Crippen molar-refractivity contribution in [2.45, 2.75) is 25.8 Å². The van der Waals surface area contributed by atoms with Crippen LogP contribution >= 0.6 is 0 Å². The van der Waals surface area contributed by atoms with Gasteiger partial charge in [0.1, 0.15) is 11.8 Å². The summed E-state index contributed by atoms with van der Waals surface area (Å²) < 4.78 is 5.09. The highest BCUT2D eigenvalue weighted by Gasteiger charge is 2.21. The Morgan fingerprint density at radius 3 is 2.48 bits per heavy atom. The smallest absolute Gasteiger partial charge is 0.326 e. The Kier molecular flexibility index (Phi) is 5.71. The predicted molar refractivity (Wildman–Crippen MR) is 73.5 cm³/mol. The lowest BCUT2D eigenvalue weighted by Crippen LogP contribution is -2.41. The molecule has 0 heterocycles. The maximum Gasteiger partial charge on any atom is 0.326 e. The Bertz CT molecular complexity index is 554. The highest BCUT2D eigenvalue weighted by atomic mass is 16.5. The Labute approximate surface area is 121 Å². The van der Waals surface area contributed by atoms with Gasteiger partial charge in [-0.05, 0) is 31.0 Å². The maximum atomic E-state index is 12.0. The number of hydrogen-bond acceptors (Lipinski definition) is 4. The van der Waals surface area contributed by atoms with E-state index in [4.69, 9.17) is 14.9 Å². The van der Waals surface area contributed by atoms with Crippen molar-refractivity contribution in [1.29, 1.82) is 0 Å². The van der Waals surface area contributed by atoms with Crippen LogP contribution in [0.5, 0.6) is 5.75 Å². The summed E-state index contributed by atoms with van der Waals surface area (Å²) in [5, 5.41) is 19.9. The number of rotatable bonds is 7. The maximum absolute atomic E-state index is 12.0. The molecule has 1 aromatic rings. The first-order valence-corrected chi connectivity index (χ1v) is 6.25. The van der Waals surface area contributed by atoms with Crippen molar-refractivity contribution >= 4 is 17.8 Å². The molecule has 0 aliphatic carbocycles. The van der Waals surface area contributed by atoms with E-state index >= 15 is 0 Å². The third kappa shape index (κ3) is 4.79.